The molecule has 2 aliphatic heterocycles. The molecule has 0 atom stereocenters. The zero-order valence-corrected chi connectivity index (χ0v) is 17.8. The fourth-order valence-corrected chi connectivity index (χ4v) is 4.07. The normalized spacial score (nSPS) is 19.6. The molecule has 0 amide bonds. The SMILES string of the molecule is CN=C(NCCCN1CCC(C)CC1)NCc1ccnc(N2CCCCC2)c1. The number of hydrogen-bond donors (Lipinski definition) is 2. The summed E-state index contributed by atoms with van der Waals surface area (Å²) >= 11 is 0. The summed E-state index contributed by atoms with van der Waals surface area (Å²) in [4.78, 5) is 13.9. The van der Waals surface area contributed by atoms with Crippen LogP contribution in [-0.4, -0.2) is 62.2 Å². The lowest BCUT2D eigenvalue weighted by Crippen LogP contribution is -2.39. The number of likely N-dealkylation sites (tertiary alicyclic amines) is 1. The first-order valence-electron chi connectivity index (χ1n) is 11.1. The highest BCUT2D eigenvalue weighted by molar-refractivity contribution is 5.79. The number of rotatable bonds is 7. The second-order valence-electron chi connectivity index (χ2n) is 8.30. The van der Waals surface area contributed by atoms with Gasteiger partial charge in [-0.2, -0.15) is 0 Å². The molecule has 6 nitrogen and oxygen atoms in total. The molecule has 0 spiro atoms. The third-order valence-electron chi connectivity index (χ3n) is 5.99. The monoisotopic (exact) mass is 386 g/mol. The van der Waals surface area contributed by atoms with Gasteiger partial charge in [0.1, 0.15) is 5.82 Å². The molecule has 0 radical (unpaired) electrons. The highest BCUT2D eigenvalue weighted by atomic mass is 15.2. The van der Waals surface area contributed by atoms with E-state index in [0.29, 0.717) is 0 Å². The minimum atomic E-state index is 0.771. The standard InChI is InChI=1S/C22H38N6/c1-19-8-15-27(16-9-19)12-6-10-25-22(23-2)26-18-20-7-11-24-21(17-20)28-13-4-3-5-14-28/h7,11,17,19H,3-6,8-10,12-16,18H2,1-2H3,(H2,23,25,26). The van der Waals surface area contributed by atoms with Crippen LogP contribution in [0.3, 0.4) is 0 Å². The Morgan fingerprint density at radius 3 is 2.68 bits per heavy atom. The van der Waals surface area contributed by atoms with Gasteiger partial charge in [-0.3, -0.25) is 4.99 Å². The molecule has 0 aromatic carbocycles. The quantitative estimate of drug-likeness (QED) is 0.429. The molecule has 156 valence electrons. The van der Waals surface area contributed by atoms with Crippen LogP contribution in [0.4, 0.5) is 5.82 Å². The van der Waals surface area contributed by atoms with E-state index in [9.17, 15) is 0 Å². The van der Waals surface area contributed by atoms with E-state index in [1.807, 2.05) is 13.2 Å². The predicted molar refractivity (Wildman–Crippen MR) is 118 cm³/mol. The van der Waals surface area contributed by atoms with Gasteiger partial charge in [0, 0.05) is 39.4 Å². The number of piperidine rings is 2. The Bertz CT molecular complexity index is 603. The molecule has 2 fully saturated rings. The van der Waals surface area contributed by atoms with E-state index in [-0.39, 0.29) is 0 Å². The van der Waals surface area contributed by atoms with Crippen LogP contribution in [0.2, 0.25) is 0 Å². The number of anilines is 1. The molecule has 1 aromatic rings. The number of nitrogens with zero attached hydrogens (tertiary/aromatic N) is 4. The number of guanidine groups is 1. The molecule has 0 bridgehead atoms. The molecule has 0 aliphatic carbocycles. The molecule has 2 aliphatic rings. The molecule has 0 saturated carbocycles. The molecule has 0 unspecified atom stereocenters. The number of aliphatic imine (C=N–C) groups is 1. The summed E-state index contributed by atoms with van der Waals surface area (Å²) in [5.74, 6) is 2.89. The number of pyridine rings is 1. The lowest BCUT2D eigenvalue weighted by atomic mass is 9.99. The van der Waals surface area contributed by atoms with Gasteiger partial charge in [0.25, 0.3) is 0 Å². The van der Waals surface area contributed by atoms with Gasteiger partial charge in [-0.25, -0.2) is 4.98 Å². The molecular weight excluding hydrogens is 348 g/mol. The van der Waals surface area contributed by atoms with Crippen molar-refractivity contribution in [2.75, 3.05) is 51.2 Å². The van der Waals surface area contributed by atoms with Gasteiger partial charge < -0.3 is 20.4 Å². The summed E-state index contributed by atoms with van der Waals surface area (Å²) in [5.41, 5.74) is 1.25. The fraction of sp³-hybridized carbons (Fsp3) is 0.727. The van der Waals surface area contributed by atoms with E-state index in [1.54, 1.807) is 0 Å². The zero-order chi connectivity index (χ0) is 19.6. The molecule has 3 rings (SSSR count). The van der Waals surface area contributed by atoms with Gasteiger partial charge in [0.2, 0.25) is 0 Å². The number of nitrogens with one attached hydrogen (secondary N) is 2. The van der Waals surface area contributed by atoms with Crippen LogP contribution in [0.15, 0.2) is 23.3 Å². The van der Waals surface area contributed by atoms with Crippen LogP contribution < -0.4 is 15.5 Å². The summed E-state index contributed by atoms with van der Waals surface area (Å²) in [7, 11) is 1.84. The summed E-state index contributed by atoms with van der Waals surface area (Å²) in [6.45, 7) is 10.1. The van der Waals surface area contributed by atoms with E-state index >= 15 is 0 Å². The van der Waals surface area contributed by atoms with Crippen LogP contribution >= 0.6 is 0 Å². The first kappa shape index (κ1) is 20.9. The van der Waals surface area contributed by atoms with Gasteiger partial charge >= 0.3 is 0 Å². The van der Waals surface area contributed by atoms with Gasteiger partial charge in [-0.15, -0.1) is 0 Å². The van der Waals surface area contributed by atoms with Crippen molar-refractivity contribution >= 4 is 11.8 Å². The molecule has 6 heteroatoms. The molecule has 2 saturated heterocycles. The Balaban J connectivity index is 1.37. The summed E-state index contributed by atoms with van der Waals surface area (Å²) in [5, 5.41) is 6.89. The van der Waals surface area contributed by atoms with Crippen molar-refractivity contribution in [1.29, 1.82) is 0 Å². The van der Waals surface area contributed by atoms with Crippen molar-refractivity contribution in [1.82, 2.24) is 20.5 Å². The third kappa shape index (κ3) is 6.66. The van der Waals surface area contributed by atoms with Crippen LogP contribution in [-0.2, 0) is 6.54 Å². The lowest BCUT2D eigenvalue weighted by molar-refractivity contribution is 0.191. The number of aromatic nitrogens is 1. The van der Waals surface area contributed by atoms with Gasteiger partial charge in [0.05, 0.1) is 0 Å². The zero-order valence-electron chi connectivity index (χ0n) is 17.8. The molecule has 28 heavy (non-hydrogen) atoms. The van der Waals surface area contributed by atoms with Gasteiger partial charge in [-0.1, -0.05) is 6.92 Å². The second-order valence-corrected chi connectivity index (χ2v) is 8.30. The summed E-state index contributed by atoms with van der Waals surface area (Å²) < 4.78 is 0. The highest BCUT2D eigenvalue weighted by Crippen LogP contribution is 2.18. The topological polar surface area (TPSA) is 55.8 Å². The van der Waals surface area contributed by atoms with Crippen molar-refractivity contribution in [2.45, 2.75) is 52.0 Å². The first-order chi connectivity index (χ1) is 13.7. The van der Waals surface area contributed by atoms with E-state index in [4.69, 9.17) is 0 Å². The van der Waals surface area contributed by atoms with Crippen LogP contribution in [0.5, 0.6) is 0 Å². The minimum absolute atomic E-state index is 0.771. The third-order valence-corrected chi connectivity index (χ3v) is 5.99. The van der Waals surface area contributed by atoms with Crippen LogP contribution in [0.1, 0.15) is 51.0 Å². The molecule has 3 heterocycles. The predicted octanol–water partition coefficient (Wildman–Crippen LogP) is 2.86. The van der Waals surface area contributed by atoms with Gasteiger partial charge in [-0.05, 0) is 81.8 Å². The maximum Gasteiger partial charge on any atom is 0.191 e. The summed E-state index contributed by atoms with van der Waals surface area (Å²) in [6, 6.07) is 4.30. The maximum absolute atomic E-state index is 4.57. The average Bonchev–Trinajstić information content (AvgIpc) is 2.75. The largest absolute Gasteiger partial charge is 0.357 e. The lowest BCUT2D eigenvalue weighted by Gasteiger charge is -2.30. The Labute approximate surface area is 170 Å². The first-order valence-corrected chi connectivity index (χ1v) is 11.1. The van der Waals surface area contributed by atoms with Crippen molar-refractivity contribution in [2.24, 2.45) is 10.9 Å². The molecule has 2 N–H and O–H groups in total. The van der Waals surface area contributed by atoms with Crippen molar-refractivity contribution in [3.8, 4) is 0 Å². The van der Waals surface area contributed by atoms with E-state index in [1.165, 1.54) is 57.3 Å². The fourth-order valence-electron chi connectivity index (χ4n) is 4.07. The highest BCUT2D eigenvalue weighted by Gasteiger charge is 2.15. The maximum atomic E-state index is 4.57. The Morgan fingerprint density at radius 1 is 1.14 bits per heavy atom. The van der Waals surface area contributed by atoms with E-state index in [2.05, 4.69) is 49.5 Å². The minimum Gasteiger partial charge on any atom is -0.357 e. The van der Waals surface area contributed by atoms with E-state index in [0.717, 1.165) is 50.3 Å². The smallest absolute Gasteiger partial charge is 0.191 e. The summed E-state index contributed by atoms with van der Waals surface area (Å²) in [6.07, 6.45) is 9.68. The van der Waals surface area contributed by atoms with Crippen LogP contribution in [0.25, 0.3) is 0 Å². The second kappa shape index (κ2) is 11.2. The van der Waals surface area contributed by atoms with Crippen molar-refractivity contribution in [3.05, 3.63) is 23.9 Å². The Morgan fingerprint density at radius 2 is 1.93 bits per heavy atom. The Hall–Kier alpha value is -1.82. The van der Waals surface area contributed by atoms with Crippen molar-refractivity contribution < 1.29 is 0 Å². The average molecular weight is 387 g/mol. The van der Waals surface area contributed by atoms with Crippen LogP contribution in [0, 0.1) is 5.92 Å². The van der Waals surface area contributed by atoms with Gasteiger partial charge in [0.15, 0.2) is 5.96 Å². The Kier molecular flexibility index (Phi) is 8.40. The molecular formula is C22H38N6. The van der Waals surface area contributed by atoms with E-state index < -0.39 is 0 Å². The number of hydrogen-bond acceptors (Lipinski definition) is 4. The van der Waals surface area contributed by atoms with Crippen molar-refractivity contribution in [3.63, 3.8) is 0 Å². The molecule has 1 aromatic heterocycles.